The number of likely N-dealkylation sites (N-methyl/N-ethyl adjacent to an activating group) is 1. The molecule has 8 heteroatoms. The minimum absolute atomic E-state index is 0.0462. The van der Waals surface area contributed by atoms with Crippen molar-refractivity contribution in [2.75, 3.05) is 13.6 Å². The van der Waals surface area contributed by atoms with E-state index in [9.17, 15) is 14.4 Å². The van der Waals surface area contributed by atoms with Gasteiger partial charge in [-0.25, -0.2) is 4.98 Å². The molecule has 156 valence electrons. The fourth-order valence-electron chi connectivity index (χ4n) is 2.87. The molecule has 0 aliphatic heterocycles. The van der Waals surface area contributed by atoms with Crippen LogP contribution in [0.15, 0.2) is 53.3 Å². The summed E-state index contributed by atoms with van der Waals surface area (Å²) in [6.45, 7) is 3.80. The fraction of sp³-hybridized carbons (Fsp3) is 0.273. The van der Waals surface area contributed by atoms with E-state index in [2.05, 4.69) is 15.3 Å². The first-order valence-electron chi connectivity index (χ1n) is 9.60. The Kier molecular flexibility index (Phi) is 6.46. The molecule has 0 fully saturated rings. The van der Waals surface area contributed by atoms with Crippen LogP contribution < -0.4 is 15.6 Å². The van der Waals surface area contributed by atoms with Crippen molar-refractivity contribution in [3.05, 3.63) is 70.3 Å². The minimum Gasteiger partial charge on any atom is -0.491 e. The van der Waals surface area contributed by atoms with E-state index < -0.39 is 0 Å². The van der Waals surface area contributed by atoms with Gasteiger partial charge in [-0.2, -0.15) is 0 Å². The lowest BCUT2D eigenvalue weighted by molar-refractivity contribution is -0.129. The largest absolute Gasteiger partial charge is 0.491 e. The normalized spacial score (nSPS) is 10.8. The number of carbonyl (C=O) groups is 2. The molecule has 8 nitrogen and oxygen atoms in total. The molecule has 2 N–H and O–H groups in total. The molecule has 30 heavy (non-hydrogen) atoms. The summed E-state index contributed by atoms with van der Waals surface area (Å²) < 4.78 is 5.55. The van der Waals surface area contributed by atoms with Crippen LogP contribution in [0.25, 0.3) is 10.9 Å². The maximum absolute atomic E-state index is 12.4. The van der Waals surface area contributed by atoms with E-state index in [1.807, 2.05) is 13.8 Å². The number of aromatic nitrogens is 2. The summed E-state index contributed by atoms with van der Waals surface area (Å²) in [5, 5.41) is 3.10. The Morgan fingerprint density at radius 2 is 1.83 bits per heavy atom. The number of fused-ring (bicyclic) bond motifs is 1. The summed E-state index contributed by atoms with van der Waals surface area (Å²) in [7, 11) is 1.59. The van der Waals surface area contributed by atoms with Crippen molar-refractivity contribution in [3.63, 3.8) is 0 Å². The molecule has 0 unspecified atom stereocenters. The zero-order valence-electron chi connectivity index (χ0n) is 17.1. The SMILES string of the molecule is CC(C)Oc1ccc(C(=O)NCC(=O)N(C)Cc2nc3ccccc3c(=O)[nH]2)cc1. The Hall–Kier alpha value is -3.68. The van der Waals surface area contributed by atoms with Crippen molar-refractivity contribution in [3.8, 4) is 5.75 Å². The summed E-state index contributed by atoms with van der Waals surface area (Å²) >= 11 is 0. The van der Waals surface area contributed by atoms with Crippen molar-refractivity contribution in [1.82, 2.24) is 20.2 Å². The molecule has 2 aromatic carbocycles. The van der Waals surface area contributed by atoms with E-state index in [0.29, 0.717) is 28.0 Å². The van der Waals surface area contributed by atoms with Crippen LogP contribution in [-0.2, 0) is 11.3 Å². The summed E-state index contributed by atoms with van der Waals surface area (Å²) in [5.41, 5.74) is 0.743. The van der Waals surface area contributed by atoms with Gasteiger partial charge in [-0.05, 0) is 50.2 Å². The van der Waals surface area contributed by atoms with Crippen LogP contribution >= 0.6 is 0 Å². The maximum atomic E-state index is 12.4. The summed E-state index contributed by atoms with van der Waals surface area (Å²) in [6.07, 6.45) is 0.0462. The summed E-state index contributed by atoms with van der Waals surface area (Å²) in [4.78, 5) is 45.3. The van der Waals surface area contributed by atoms with Crippen molar-refractivity contribution in [2.45, 2.75) is 26.5 Å². The second-order valence-corrected chi connectivity index (χ2v) is 7.15. The number of hydrogen-bond donors (Lipinski definition) is 2. The van der Waals surface area contributed by atoms with Crippen LogP contribution in [0.5, 0.6) is 5.75 Å². The molecule has 0 saturated heterocycles. The van der Waals surface area contributed by atoms with E-state index in [4.69, 9.17) is 4.74 Å². The number of para-hydroxylation sites is 1. The van der Waals surface area contributed by atoms with E-state index in [0.717, 1.165) is 0 Å². The predicted octanol–water partition coefficient (Wildman–Crippen LogP) is 2.10. The van der Waals surface area contributed by atoms with Crippen LogP contribution in [0.1, 0.15) is 30.0 Å². The van der Waals surface area contributed by atoms with E-state index in [1.165, 1.54) is 4.90 Å². The molecular weight excluding hydrogens is 384 g/mol. The second-order valence-electron chi connectivity index (χ2n) is 7.15. The Morgan fingerprint density at radius 1 is 1.13 bits per heavy atom. The van der Waals surface area contributed by atoms with Gasteiger partial charge in [-0.15, -0.1) is 0 Å². The molecule has 0 saturated carbocycles. The molecule has 1 heterocycles. The van der Waals surface area contributed by atoms with E-state index in [1.54, 1.807) is 55.6 Å². The lowest BCUT2D eigenvalue weighted by atomic mass is 10.2. The monoisotopic (exact) mass is 408 g/mol. The Morgan fingerprint density at radius 3 is 2.53 bits per heavy atom. The highest BCUT2D eigenvalue weighted by Gasteiger charge is 2.14. The third-order valence-corrected chi connectivity index (χ3v) is 4.36. The van der Waals surface area contributed by atoms with Crippen LogP contribution in [-0.4, -0.2) is 46.4 Å². The molecule has 2 amide bonds. The van der Waals surface area contributed by atoms with Gasteiger partial charge in [0.15, 0.2) is 0 Å². The molecule has 3 aromatic rings. The van der Waals surface area contributed by atoms with Crippen molar-refractivity contribution in [1.29, 1.82) is 0 Å². The van der Waals surface area contributed by atoms with E-state index in [-0.39, 0.29) is 36.6 Å². The Labute approximate surface area is 173 Å². The van der Waals surface area contributed by atoms with Crippen molar-refractivity contribution < 1.29 is 14.3 Å². The number of hydrogen-bond acceptors (Lipinski definition) is 5. The second kappa shape index (κ2) is 9.21. The molecule has 0 bridgehead atoms. The third-order valence-electron chi connectivity index (χ3n) is 4.36. The number of aromatic amines is 1. The lowest BCUT2D eigenvalue weighted by Gasteiger charge is -2.17. The number of ether oxygens (including phenoxy) is 1. The fourth-order valence-corrected chi connectivity index (χ4v) is 2.87. The number of benzene rings is 2. The highest BCUT2D eigenvalue weighted by Crippen LogP contribution is 2.13. The molecule has 0 atom stereocenters. The van der Waals surface area contributed by atoms with Crippen molar-refractivity contribution >= 4 is 22.7 Å². The number of H-pyrrole nitrogens is 1. The first kappa shape index (κ1) is 21.0. The molecule has 0 aliphatic carbocycles. The number of nitrogens with one attached hydrogen (secondary N) is 2. The van der Waals surface area contributed by atoms with Crippen LogP contribution in [0.4, 0.5) is 0 Å². The van der Waals surface area contributed by atoms with Gasteiger partial charge in [0.2, 0.25) is 5.91 Å². The molecule has 0 radical (unpaired) electrons. The van der Waals surface area contributed by atoms with Crippen LogP contribution in [0.3, 0.4) is 0 Å². The third kappa shape index (κ3) is 5.22. The van der Waals surface area contributed by atoms with Gasteiger partial charge >= 0.3 is 0 Å². The van der Waals surface area contributed by atoms with Gasteiger partial charge in [0, 0.05) is 12.6 Å². The first-order chi connectivity index (χ1) is 14.3. The molecule has 0 spiro atoms. The van der Waals surface area contributed by atoms with Crippen molar-refractivity contribution in [2.24, 2.45) is 0 Å². The molecular formula is C22H24N4O4. The average Bonchev–Trinajstić information content (AvgIpc) is 2.72. The van der Waals surface area contributed by atoms with Gasteiger partial charge < -0.3 is 19.9 Å². The average molecular weight is 408 g/mol. The molecule has 1 aromatic heterocycles. The number of nitrogens with zero attached hydrogens (tertiary/aromatic N) is 2. The minimum atomic E-state index is -0.356. The maximum Gasteiger partial charge on any atom is 0.258 e. The predicted molar refractivity (Wildman–Crippen MR) is 113 cm³/mol. The highest BCUT2D eigenvalue weighted by molar-refractivity contribution is 5.96. The zero-order chi connectivity index (χ0) is 21.7. The van der Waals surface area contributed by atoms with Gasteiger partial charge in [0.05, 0.1) is 30.1 Å². The van der Waals surface area contributed by atoms with Gasteiger partial charge in [0.25, 0.3) is 11.5 Å². The zero-order valence-corrected chi connectivity index (χ0v) is 17.1. The number of carbonyl (C=O) groups excluding carboxylic acids is 2. The van der Waals surface area contributed by atoms with E-state index >= 15 is 0 Å². The number of amides is 2. The number of rotatable bonds is 7. The first-order valence-corrected chi connectivity index (χ1v) is 9.60. The van der Waals surface area contributed by atoms with Gasteiger partial charge in [-0.3, -0.25) is 14.4 Å². The smallest absolute Gasteiger partial charge is 0.258 e. The van der Waals surface area contributed by atoms with Gasteiger partial charge in [-0.1, -0.05) is 12.1 Å². The summed E-state index contributed by atoms with van der Waals surface area (Å²) in [6, 6.07) is 13.7. The van der Waals surface area contributed by atoms with Crippen LogP contribution in [0, 0.1) is 0 Å². The standard InChI is InChI=1S/C22H24N4O4/c1-14(2)30-16-10-8-15(9-11-16)21(28)23-12-20(27)26(3)13-19-24-18-7-5-4-6-17(18)22(29)25-19/h4-11,14H,12-13H2,1-3H3,(H,23,28)(H,24,25,29). The highest BCUT2D eigenvalue weighted by atomic mass is 16.5. The summed E-state index contributed by atoms with van der Waals surface area (Å²) in [5.74, 6) is 0.389. The topological polar surface area (TPSA) is 104 Å². The van der Waals surface area contributed by atoms with Gasteiger partial charge in [0.1, 0.15) is 11.6 Å². The quantitative estimate of drug-likeness (QED) is 0.623. The molecule has 0 aliphatic rings. The Balaban J connectivity index is 1.57. The Bertz CT molecular complexity index is 1110. The lowest BCUT2D eigenvalue weighted by Crippen LogP contribution is -2.38. The molecule has 3 rings (SSSR count). The van der Waals surface area contributed by atoms with Crippen LogP contribution in [0.2, 0.25) is 0 Å².